The van der Waals surface area contributed by atoms with Gasteiger partial charge >= 0.3 is 0 Å². The lowest BCUT2D eigenvalue weighted by Gasteiger charge is -2.28. The number of anilines is 2. The number of hydrogen-bond acceptors (Lipinski definition) is 1. The number of hydrogen-bond donors (Lipinski definition) is 0. The highest BCUT2D eigenvalue weighted by atomic mass is 15.1. The standard InChI is InChI=1S/C23H23N/c1-3-8-19(4-2)24(20-9-6-5-7-10-20)21-13-14-22-17-11-12-18(15-17)23(22)16-21/h3-10,13-14,16-18H,1-2,11-12,15H2/b19-8+. The molecule has 2 unspecified atom stereocenters. The van der Waals surface area contributed by atoms with E-state index in [9.17, 15) is 0 Å². The third kappa shape index (κ3) is 2.41. The molecule has 0 heterocycles. The first-order valence-electron chi connectivity index (χ1n) is 8.76. The second-order valence-electron chi connectivity index (χ2n) is 6.72. The van der Waals surface area contributed by atoms with Gasteiger partial charge in [-0.25, -0.2) is 0 Å². The van der Waals surface area contributed by atoms with E-state index in [2.05, 4.69) is 60.5 Å². The lowest BCUT2D eigenvalue weighted by Crippen LogP contribution is -2.15. The van der Waals surface area contributed by atoms with E-state index in [1.165, 1.54) is 24.9 Å². The maximum atomic E-state index is 4.00. The van der Waals surface area contributed by atoms with Gasteiger partial charge in [-0.2, -0.15) is 0 Å². The van der Waals surface area contributed by atoms with Gasteiger partial charge in [-0.3, -0.25) is 0 Å². The molecule has 120 valence electrons. The van der Waals surface area contributed by atoms with Crippen LogP contribution in [-0.2, 0) is 0 Å². The zero-order chi connectivity index (χ0) is 16.5. The van der Waals surface area contributed by atoms with Crippen molar-refractivity contribution in [3.05, 3.63) is 96.7 Å². The van der Waals surface area contributed by atoms with Gasteiger partial charge in [0.1, 0.15) is 0 Å². The van der Waals surface area contributed by atoms with Gasteiger partial charge in [-0.1, -0.05) is 43.5 Å². The van der Waals surface area contributed by atoms with Crippen molar-refractivity contribution in [1.82, 2.24) is 0 Å². The predicted molar refractivity (Wildman–Crippen MR) is 103 cm³/mol. The first-order chi connectivity index (χ1) is 11.8. The number of fused-ring (bicyclic) bond motifs is 5. The van der Waals surface area contributed by atoms with Crippen LogP contribution in [0.3, 0.4) is 0 Å². The highest BCUT2D eigenvalue weighted by Crippen LogP contribution is 2.54. The van der Waals surface area contributed by atoms with Crippen LogP contribution in [0.4, 0.5) is 11.4 Å². The molecule has 4 rings (SSSR count). The molecule has 1 heteroatoms. The number of nitrogens with zero attached hydrogens (tertiary/aromatic N) is 1. The molecule has 1 saturated carbocycles. The van der Waals surface area contributed by atoms with Crippen molar-refractivity contribution in [2.24, 2.45) is 0 Å². The summed E-state index contributed by atoms with van der Waals surface area (Å²) in [6, 6.07) is 17.5. The molecule has 0 aromatic heterocycles. The van der Waals surface area contributed by atoms with Gasteiger partial charge in [0.05, 0.1) is 0 Å². The molecule has 2 bridgehead atoms. The third-order valence-electron chi connectivity index (χ3n) is 5.41. The Labute approximate surface area is 144 Å². The fraction of sp³-hybridized carbons (Fsp3) is 0.217. The molecule has 1 fully saturated rings. The van der Waals surface area contributed by atoms with Crippen LogP contribution in [0, 0.1) is 0 Å². The topological polar surface area (TPSA) is 3.24 Å². The summed E-state index contributed by atoms with van der Waals surface area (Å²) in [6.07, 6.45) is 9.80. The van der Waals surface area contributed by atoms with Crippen molar-refractivity contribution in [3.8, 4) is 0 Å². The van der Waals surface area contributed by atoms with Crippen molar-refractivity contribution in [2.75, 3.05) is 4.90 Å². The van der Waals surface area contributed by atoms with Gasteiger partial charge in [-0.15, -0.1) is 0 Å². The fourth-order valence-electron chi connectivity index (χ4n) is 4.35. The molecule has 0 amide bonds. The Hall–Kier alpha value is -2.54. The first-order valence-corrected chi connectivity index (χ1v) is 8.76. The van der Waals surface area contributed by atoms with E-state index in [0.717, 1.165) is 23.2 Å². The van der Waals surface area contributed by atoms with Crippen molar-refractivity contribution in [2.45, 2.75) is 31.1 Å². The minimum Gasteiger partial charge on any atom is -0.311 e. The van der Waals surface area contributed by atoms with Crippen LogP contribution in [0.5, 0.6) is 0 Å². The lowest BCUT2D eigenvalue weighted by molar-refractivity contribution is 0.717. The summed E-state index contributed by atoms with van der Waals surface area (Å²) in [5.74, 6) is 1.56. The van der Waals surface area contributed by atoms with Crippen molar-refractivity contribution in [3.63, 3.8) is 0 Å². The molecular formula is C23H23N. The van der Waals surface area contributed by atoms with Gasteiger partial charge in [0.2, 0.25) is 0 Å². The molecule has 0 aliphatic heterocycles. The molecule has 2 aliphatic carbocycles. The zero-order valence-corrected chi connectivity index (χ0v) is 14.0. The maximum absolute atomic E-state index is 4.00. The van der Waals surface area contributed by atoms with E-state index in [4.69, 9.17) is 0 Å². The SMILES string of the molecule is C=C/C=C(\C=C)N(c1ccccc1)c1ccc2c(c1)C1CCC2C1. The van der Waals surface area contributed by atoms with Crippen molar-refractivity contribution in [1.29, 1.82) is 0 Å². The Morgan fingerprint density at radius 1 is 0.917 bits per heavy atom. The molecule has 0 spiro atoms. The van der Waals surface area contributed by atoms with E-state index in [1.807, 2.05) is 24.3 Å². The normalized spacial score (nSPS) is 21.4. The van der Waals surface area contributed by atoms with Crippen LogP contribution in [0.25, 0.3) is 0 Å². The van der Waals surface area contributed by atoms with Crippen LogP contribution in [0.15, 0.2) is 85.6 Å². The molecule has 2 atom stereocenters. The van der Waals surface area contributed by atoms with E-state index < -0.39 is 0 Å². The van der Waals surface area contributed by atoms with Crippen molar-refractivity contribution >= 4 is 11.4 Å². The molecule has 0 radical (unpaired) electrons. The van der Waals surface area contributed by atoms with Crippen molar-refractivity contribution < 1.29 is 0 Å². The summed E-state index contributed by atoms with van der Waals surface area (Å²) in [5, 5.41) is 0. The monoisotopic (exact) mass is 313 g/mol. The first kappa shape index (κ1) is 15.0. The third-order valence-corrected chi connectivity index (χ3v) is 5.41. The Morgan fingerprint density at radius 3 is 2.38 bits per heavy atom. The zero-order valence-electron chi connectivity index (χ0n) is 14.0. The van der Waals surface area contributed by atoms with Crippen LogP contribution in [0.2, 0.25) is 0 Å². The Kier molecular flexibility index (Phi) is 3.86. The Bertz CT molecular complexity index is 800. The second-order valence-corrected chi connectivity index (χ2v) is 6.72. The molecule has 0 saturated heterocycles. The minimum absolute atomic E-state index is 0.762. The lowest BCUT2D eigenvalue weighted by atomic mass is 9.91. The van der Waals surface area contributed by atoms with Crippen LogP contribution in [0.1, 0.15) is 42.2 Å². The number of rotatable bonds is 5. The summed E-state index contributed by atoms with van der Waals surface area (Å²) in [5.41, 5.74) is 6.54. The summed E-state index contributed by atoms with van der Waals surface area (Å²) in [4.78, 5) is 2.26. The van der Waals surface area contributed by atoms with Crippen LogP contribution in [-0.4, -0.2) is 0 Å². The summed E-state index contributed by atoms with van der Waals surface area (Å²) >= 11 is 0. The number of benzene rings is 2. The summed E-state index contributed by atoms with van der Waals surface area (Å²) in [6.45, 7) is 7.86. The highest BCUT2D eigenvalue weighted by Gasteiger charge is 2.37. The smallest absolute Gasteiger partial charge is 0.0464 e. The minimum atomic E-state index is 0.762. The summed E-state index contributed by atoms with van der Waals surface area (Å²) < 4.78 is 0. The second kappa shape index (κ2) is 6.16. The van der Waals surface area contributed by atoms with Crippen LogP contribution < -0.4 is 4.90 Å². The molecule has 2 aliphatic rings. The molecule has 0 N–H and O–H groups in total. The Morgan fingerprint density at radius 2 is 1.67 bits per heavy atom. The van der Waals surface area contributed by atoms with E-state index in [0.29, 0.717) is 0 Å². The van der Waals surface area contributed by atoms with Gasteiger partial charge in [-0.05, 0) is 78.6 Å². The Balaban J connectivity index is 1.83. The van der Waals surface area contributed by atoms with Gasteiger partial charge in [0, 0.05) is 17.1 Å². The molecule has 1 nitrogen and oxygen atoms in total. The molecule has 24 heavy (non-hydrogen) atoms. The molecular weight excluding hydrogens is 290 g/mol. The molecule has 2 aromatic rings. The number of para-hydroxylation sites is 1. The van der Waals surface area contributed by atoms with Gasteiger partial charge < -0.3 is 4.90 Å². The van der Waals surface area contributed by atoms with Crippen LogP contribution >= 0.6 is 0 Å². The fourth-order valence-corrected chi connectivity index (χ4v) is 4.35. The maximum Gasteiger partial charge on any atom is 0.0464 e. The average molecular weight is 313 g/mol. The van der Waals surface area contributed by atoms with Gasteiger partial charge in [0.15, 0.2) is 0 Å². The van der Waals surface area contributed by atoms with E-state index >= 15 is 0 Å². The largest absolute Gasteiger partial charge is 0.311 e. The quantitative estimate of drug-likeness (QED) is 0.574. The molecule has 2 aromatic carbocycles. The predicted octanol–water partition coefficient (Wildman–Crippen LogP) is 6.45. The van der Waals surface area contributed by atoms with E-state index in [1.54, 1.807) is 11.1 Å². The van der Waals surface area contributed by atoms with Gasteiger partial charge in [0.25, 0.3) is 0 Å². The van der Waals surface area contributed by atoms with E-state index in [-0.39, 0.29) is 0 Å². The highest BCUT2D eigenvalue weighted by molar-refractivity contribution is 5.71. The number of allylic oxidation sites excluding steroid dienone is 3. The average Bonchev–Trinajstić information content (AvgIpc) is 3.24. The summed E-state index contributed by atoms with van der Waals surface area (Å²) in [7, 11) is 0.